The smallest absolute Gasteiger partial charge is 0.475 e. The van der Waals surface area contributed by atoms with E-state index >= 15 is 0 Å². The normalized spacial score (nSPS) is 18.1. The minimum atomic E-state index is -3.89. The third-order valence-corrected chi connectivity index (χ3v) is 8.82. The molecule has 1 atom stereocenters. The molecule has 0 aromatic heterocycles. The van der Waals surface area contributed by atoms with E-state index in [2.05, 4.69) is 43.3 Å². The average Bonchev–Trinajstić information content (AvgIpc) is 3.21. The highest BCUT2D eigenvalue weighted by Crippen LogP contribution is 2.56. The maximum atomic E-state index is 13.6. The number of aliphatic imine (C=N–C) groups is 1. The van der Waals surface area contributed by atoms with E-state index in [1.54, 1.807) is 0 Å². The molecule has 8 heteroatoms. The number of halogens is 1. The number of rotatable bonds is 13. The van der Waals surface area contributed by atoms with Crippen molar-refractivity contribution in [3.63, 3.8) is 0 Å². The first kappa shape index (κ1) is 32.8. The van der Waals surface area contributed by atoms with Gasteiger partial charge in [-0.2, -0.15) is 0 Å². The SMILES string of the molecule is CCCCCc1ccc(-c2ccc(CCC3(COP(=O)(OC(C)(C)C)OC(C)(C)C)COC(C)=N3)c(Cl)c2)cc1. The second-order valence-electron chi connectivity index (χ2n) is 12.7. The summed E-state index contributed by atoms with van der Waals surface area (Å²) in [5.41, 5.74) is 2.46. The van der Waals surface area contributed by atoms with Crippen LogP contribution < -0.4 is 0 Å². The van der Waals surface area contributed by atoms with Gasteiger partial charge in [0, 0.05) is 11.9 Å². The van der Waals surface area contributed by atoms with Crippen LogP contribution in [0.3, 0.4) is 0 Å². The maximum Gasteiger partial charge on any atom is 0.475 e. The Bertz CT molecular complexity index is 1180. The van der Waals surface area contributed by atoms with E-state index in [1.165, 1.54) is 24.8 Å². The van der Waals surface area contributed by atoms with Crippen molar-refractivity contribution in [2.45, 2.75) is 111 Å². The Morgan fingerprint density at radius 2 is 1.57 bits per heavy atom. The summed E-state index contributed by atoms with van der Waals surface area (Å²) in [7, 11) is -3.89. The molecular formula is C32H47ClNO5P. The van der Waals surface area contributed by atoms with Crippen LogP contribution in [0.15, 0.2) is 47.5 Å². The van der Waals surface area contributed by atoms with Crippen molar-refractivity contribution in [2.24, 2.45) is 4.99 Å². The van der Waals surface area contributed by atoms with Gasteiger partial charge in [0.2, 0.25) is 0 Å². The van der Waals surface area contributed by atoms with Crippen LogP contribution in [0.25, 0.3) is 11.1 Å². The van der Waals surface area contributed by atoms with E-state index in [1.807, 2.05) is 54.5 Å². The van der Waals surface area contributed by atoms with E-state index in [-0.39, 0.29) is 6.61 Å². The minimum absolute atomic E-state index is 0.0358. The molecule has 1 aliphatic rings. The Kier molecular flexibility index (Phi) is 11.1. The molecule has 0 amide bonds. The summed E-state index contributed by atoms with van der Waals surface area (Å²) >= 11 is 6.77. The molecular weight excluding hydrogens is 545 g/mol. The molecule has 2 aromatic carbocycles. The van der Waals surface area contributed by atoms with Crippen molar-refractivity contribution in [3.8, 4) is 11.1 Å². The van der Waals surface area contributed by atoms with Crippen molar-refractivity contribution in [3.05, 3.63) is 58.6 Å². The van der Waals surface area contributed by atoms with Gasteiger partial charge in [0.1, 0.15) is 12.1 Å². The van der Waals surface area contributed by atoms with Gasteiger partial charge in [-0.05, 0) is 95.5 Å². The molecule has 3 rings (SSSR count). The molecule has 0 bridgehead atoms. The van der Waals surface area contributed by atoms with Crippen LogP contribution in [0, 0.1) is 0 Å². The van der Waals surface area contributed by atoms with Gasteiger partial charge in [0.15, 0.2) is 5.90 Å². The van der Waals surface area contributed by atoms with Crippen LogP contribution in [-0.2, 0) is 35.7 Å². The van der Waals surface area contributed by atoms with Crippen LogP contribution in [0.1, 0.15) is 92.2 Å². The number of hydrogen-bond donors (Lipinski definition) is 0. The lowest BCUT2D eigenvalue weighted by Gasteiger charge is -2.33. The van der Waals surface area contributed by atoms with Gasteiger partial charge < -0.3 is 4.74 Å². The summed E-state index contributed by atoms with van der Waals surface area (Å²) in [6.07, 6.45) is 6.09. The zero-order valence-electron chi connectivity index (χ0n) is 25.5. The molecule has 1 heterocycles. The molecule has 0 spiro atoms. The molecule has 0 fully saturated rings. The number of nitrogens with zero attached hydrogens (tertiary/aromatic N) is 1. The number of benzene rings is 2. The van der Waals surface area contributed by atoms with E-state index in [9.17, 15) is 4.57 Å². The fourth-order valence-corrected chi connectivity index (χ4v) is 6.75. The highest BCUT2D eigenvalue weighted by atomic mass is 35.5. The van der Waals surface area contributed by atoms with Crippen molar-refractivity contribution < 1.29 is 22.9 Å². The topological polar surface area (TPSA) is 66.4 Å². The number of phosphoric acid groups is 1. The van der Waals surface area contributed by atoms with E-state index < -0.39 is 24.6 Å². The summed E-state index contributed by atoms with van der Waals surface area (Å²) in [5.74, 6) is 0.575. The summed E-state index contributed by atoms with van der Waals surface area (Å²) in [6, 6.07) is 15.0. The molecule has 40 heavy (non-hydrogen) atoms. The number of unbranched alkanes of at least 4 members (excludes halogenated alkanes) is 2. The predicted molar refractivity (Wildman–Crippen MR) is 165 cm³/mol. The van der Waals surface area contributed by atoms with Gasteiger partial charge in [0.05, 0.1) is 17.8 Å². The molecule has 0 radical (unpaired) electrons. The fraction of sp³-hybridized carbons (Fsp3) is 0.594. The average molecular weight is 592 g/mol. The summed E-state index contributed by atoms with van der Waals surface area (Å²) in [6.45, 7) is 15.3. The zero-order chi connectivity index (χ0) is 29.6. The fourth-order valence-electron chi connectivity index (χ4n) is 4.59. The molecule has 1 unspecified atom stereocenters. The summed E-state index contributed by atoms with van der Waals surface area (Å²) in [5, 5.41) is 0.706. The van der Waals surface area contributed by atoms with E-state index in [4.69, 9.17) is 34.9 Å². The van der Waals surface area contributed by atoms with Gasteiger partial charge >= 0.3 is 7.82 Å². The molecule has 6 nitrogen and oxygen atoms in total. The van der Waals surface area contributed by atoms with Crippen LogP contribution in [0.2, 0.25) is 5.02 Å². The van der Waals surface area contributed by atoms with Gasteiger partial charge in [0.25, 0.3) is 0 Å². The summed E-state index contributed by atoms with van der Waals surface area (Å²) < 4.78 is 36.9. The predicted octanol–water partition coefficient (Wildman–Crippen LogP) is 9.61. The Hall–Kier alpha value is -1.69. The second kappa shape index (κ2) is 13.5. The molecule has 0 saturated heterocycles. The highest BCUT2D eigenvalue weighted by molar-refractivity contribution is 7.48. The lowest BCUT2D eigenvalue weighted by molar-refractivity contribution is -0.00465. The van der Waals surface area contributed by atoms with Crippen LogP contribution in [0.4, 0.5) is 0 Å². The third kappa shape index (κ3) is 10.3. The van der Waals surface area contributed by atoms with Gasteiger partial charge in [-0.15, -0.1) is 0 Å². The first-order valence-corrected chi connectivity index (χ1v) is 16.2. The Morgan fingerprint density at radius 3 is 2.10 bits per heavy atom. The molecule has 0 N–H and O–H groups in total. The van der Waals surface area contributed by atoms with Crippen LogP contribution in [-0.4, -0.2) is 35.9 Å². The van der Waals surface area contributed by atoms with Crippen molar-refractivity contribution in [1.82, 2.24) is 0 Å². The number of ether oxygens (including phenoxy) is 1. The third-order valence-electron chi connectivity index (χ3n) is 6.48. The standard InChI is InChI=1S/C32H47ClNO5P/c1-9-10-11-12-25-13-15-26(16-14-25)28-18-17-27(29(33)21-28)19-20-32(22-36-24(2)34-32)23-37-40(35,38-30(3,4)5)39-31(6,7)8/h13-18,21H,9-12,19-20,22-23H2,1-8H3. The van der Waals surface area contributed by atoms with Gasteiger partial charge in [-0.25, -0.2) is 9.56 Å². The largest absolute Gasteiger partial charge is 0.479 e. The molecule has 222 valence electrons. The summed E-state index contributed by atoms with van der Waals surface area (Å²) in [4.78, 5) is 4.75. The monoisotopic (exact) mass is 591 g/mol. The first-order valence-electron chi connectivity index (χ1n) is 14.3. The Morgan fingerprint density at radius 1 is 0.950 bits per heavy atom. The molecule has 0 aliphatic carbocycles. The first-order chi connectivity index (χ1) is 18.6. The quantitative estimate of drug-likeness (QED) is 0.171. The van der Waals surface area contributed by atoms with Crippen LogP contribution >= 0.6 is 19.4 Å². The maximum absolute atomic E-state index is 13.6. The number of phosphoric ester groups is 1. The van der Waals surface area contributed by atoms with Crippen LogP contribution in [0.5, 0.6) is 0 Å². The van der Waals surface area contributed by atoms with E-state index in [0.717, 1.165) is 23.1 Å². The Labute approximate surface area is 246 Å². The molecule has 0 saturated carbocycles. The number of aryl methyl sites for hydroxylation is 2. The van der Waals surface area contributed by atoms with Crippen molar-refractivity contribution in [1.29, 1.82) is 0 Å². The second-order valence-corrected chi connectivity index (χ2v) is 14.7. The van der Waals surface area contributed by atoms with Gasteiger partial charge in [-0.3, -0.25) is 13.6 Å². The Balaban J connectivity index is 1.71. The lowest BCUT2D eigenvalue weighted by Crippen LogP contribution is -2.36. The van der Waals surface area contributed by atoms with Crippen molar-refractivity contribution in [2.75, 3.05) is 13.2 Å². The molecule has 1 aliphatic heterocycles. The van der Waals surface area contributed by atoms with Gasteiger partial charge in [-0.1, -0.05) is 67.8 Å². The molecule has 2 aromatic rings. The van der Waals surface area contributed by atoms with E-state index in [0.29, 0.717) is 30.4 Å². The lowest BCUT2D eigenvalue weighted by atomic mass is 9.93. The highest BCUT2D eigenvalue weighted by Gasteiger charge is 2.43. The number of hydrogen-bond acceptors (Lipinski definition) is 6. The zero-order valence-corrected chi connectivity index (χ0v) is 27.2. The van der Waals surface area contributed by atoms with Crippen molar-refractivity contribution >= 4 is 25.3 Å². The minimum Gasteiger partial charge on any atom is -0.479 e.